The quantitative estimate of drug-likeness (QED) is 0.817. The van der Waals surface area contributed by atoms with Gasteiger partial charge in [-0.1, -0.05) is 49.4 Å². The number of carboxylic acids is 1. The molecule has 1 rings (SSSR count). The van der Waals surface area contributed by atoms with Gasteiger partial charge >= 0.3 is 5.97 Å². The van der Waals surface area contributed by atoms with Gasteiger partial charge in [-0.2, -0.15) is 0 Å². The van der Waals surface area contributed by atoms with E-state index in [0.717, 1.165) is 5.56 Å². The van der Waals surface area contributed by atoms with Crippen molar-refractivity contribution in [3.05, 3.63) is 42.0 Å². The summed E-state index contributed by atoms with van der Waals surface area (Å²) in [5, 5.41) is 9.06. The molecule has 2 heteroatoms. The van der Waals surface area contributed by atoms with E-state index in [1.54, 1.807) is 13.0 Å². The molecule has 0 heterocycles. The largest absolute Gasteiger partial charge is 0.481 e. The Morgan fingerprint density at radius 1 is 1.40 bits per heavy atom. The lowest BCUT2D eigenvalue weighted by molar-refractivity contribution is -0.145. The summed E-state index contributed by atoms with van der Waals surface area (Å²) in [6.07, 6.45) is 4.20. The fourth-order valence-corrected chi connectivity index (χ4v) is 1.18. The second-order valence-electron chi connectivity index (χ2n) is 3.82. The average molecular weight is 204 g/mol. The third-order valence-electron chi connectivity index (χ3n) is 2.67. The molecule has 0 amide bonds. The zero-order valence-corrected chi connectivity index (χ0v) is 9.10. The Bertz CT molecular complexity index is 354. The van der Waals surface area contributed by atoms with E-state index in [1.807, 2.05) is 43.3 Å². The number of aliphatic carboxylic acids is 1. The highest BCUT2D eigenvalue weighted by molar-refractivity contribution is 5.78. The van der Waals surface area contributed by atoms with Crippen LogP contribution in [0.1, 0.15) is 25.8 Å². The molecule has 0 bridgehead atoms. The third-order valence-corrected chi connectivity index (χ3v) is 2.67. The molecule has 0 saturated carbocycles. The van der Waals surface area contributed by atoms with Gasteiger partial charge in [-0.25, -0.2) is 0 Å². The lowest BCUT2D eigenvalue weighted by atomic mass is 9.87. The van der Waals surface area contributed by atoms with E-state index in [-0.39, 0.29) is 0 Å². The fourth-order valence-electron chi connectivity index (χ4n) is 1.18. The first-order valence-corrected chi connectivity index (χ1v) is 5.06. The van der Waals surface area contributed by atoms with Crippen LogP contribution in [-0.4, -0.2) is 11.1 Å². The summed E-state index contributed by atoms with van der Waals surface area (Å²) in [6, 6.07) is 9.71. The lowest BCUT2D eigenvalue weighted by Gasteiger charge is -2.17. The van der Waals surface area contributed by atoms with Gasteiger partial charge in [0.1, 0.15) is 0 Å². The summed E-state index contributed by atoms with van der Waals surface area (Å²) in [7, 11) is 0. The molecule has 0 saturated heterocycles. The highest BCUT2D eigenvalue weighted by atomic mass is 16.4. The van der Waals surface area contributed by atoms with Gasteiger partial charge in [0, 0.05) is 0 Å². The SMILES string of the molecule is CCC(C)(/C=C/c1ccccc1)C(=O)O. The van der Waals surface area contributed by atoms with Crippen molar-refractivity contribution >= 4 is 12.0 Å². The van der Waals surface area contributed by atoms with Crippen LogP contribution in [0.15, 0.2) is 36.4 Å². The minimum Gasteiger partial charge on any atom is -0.481 e. The Labute approximate surface area is 90.3 Å². The van der Waals surface area contributed by atoms with Crippen LogP contribution in [-0.2, 0) is 4.79 Å². The van der Waals surface area contributed by atoms with Crippen LogP contribution in [0.5, 0.6) is 0 Å². The molecule has 1 N–H and O–H groups in total. The number of carbonyl (C=O) groups is 1. The van der Waals surface area contributed by atoms with Gasteiger partial charge in [0.05, 0.1) is 5.41 Å². The first kappa shape index (κ1) is 11.5. The highest BCUT2D eigenvalue weighted by Gasteiger charge is 2.27. The van der Waals surface area contributed by atoms with E-state index >= 15 is 0 Å². The number of carboxylic acid groups (broad SMARTS) is 1. The lowest BCUT2D eigenvalue weighted by Crippen LogP contribution is -2.23. The molecular weight excluding hydrogens is 188 g/mol. The Morgan fingerprint density at radius 3 is 2.47 bits per heavy atom. The maximum absolute atomic E-state index is 11.0. The van der Waals surface area contributed by atoms with E-state index in [1.165, 1.54) is 0 Å². The number of benzene rings is 1. The Hall–Kier alpha value is -1.57. The predicted octanol–water partition coefficient (Wildman–Crippen LogP) is 3.20. The topological polar surface area (TPSA) is 37.3 Å². The maximum atomic E-state index is 11.0. The number of hydrogen-bond acceptors (Lipinski definition) is 1. The van der Waals surface area contributed by atoms with Gasteiger partial charge in [-0.15, -0.1) is 0 Å². The van der Waals surface area contributed by atoms with Gasteiger partial charge in [-0.3, -0.25) is 4.79 Å². The van der Waals surface area contributed by atoms with Crippen LogP contribution < -0.4 is 0 Å². The van der Waals surface area contributed by atoms with Crippen molar-refractivity contribution in [2.75, 3.05) is 0 Å². The molecule has 0 aromatic heterocycles. The third kappa shape index (κ3) is 2.94. The number of rotatable bonds is 4. The first-order chi connectivity index (χ1) is 7.08. The normalized spacial score (nSPS) is 15.1. The van der Waals surface area contributed by atoms with Crippen LogP contribution in [0.3, 0.4) is 0 Å². The van der Waals surface area contributed by atoms with E-state index in [9.17, 15) is 4.79 Å². The molecule has 80 valence electrons. The molecule has 0 fully saturated rings. The predicted molar refractivity (Wildman–Crippen MR) is 61.5 cm³/mol. The molecule has 0 spiro atoms. The molecule has 2 nitrogen and oxygen atoms in total. The summed E-state index contributed by atoms with van der Waals surface area (Å²) >= 11 is 0. The minimum absolute atomic E-state index is 0.589. The van der Waals surface area contributed by atoms with E-state index < -0.39 is 11.4 Å². The molecule has 0 aliphatic rings. The molecule has 1 aromatic carbocycles. The van der Waals surface area contributed by atoms with Gasteiger partial charge in [0.2, 0.25) is 0 Å². The summed E-state index contributed by atoms with van der Waals surface area (Å²) < 4.78 is 0. The second kappa shape index (κ2) is 4.78. The summed E-state index contributed by atoms with van der Waals surface area (Å²) in [4.78, 5) is 11.0. The molecule has 0 radical (unpaired) electrons. The maximum Gasteiger partial charge on any atom is 0.313 e. The zero-order chi connectivity index (χ0) is 11.3. The minimum atomic E-state index is -0.780. The van der Waals surface area contributed by atoms with Gasteiger partial charge in [0.15, 0.2) is 0 Å². The van der Waals surface area contributed by atoms with E-state index in [0.29, 0.717) is 6.42 Å². The van der Waals surface area contributed by atoms with Crippen molar-refractivity contribution in [2.24, 2.45) is 5.41 Å². The van der Waals surface area contributed by atoms with Crippen molar-refractivity contribution in [1.82, 2.24) is 0 Å². The van der Waals surface area contributed by atoms with E-state index in [4.69, 9.17) is 5.11 Å². The van der Waals surface area contributed by atoms with Crippen molar-refractivity contribution < 1.29 is 9.90 Å². The van der Waals surface area contributed by atoms with Gasteiger partial charge < -0.3 is 5.11 Å². The van der Waals surface area contributed by atoms with Crippen LogP contribution in [0.25, 0.3) is 6.08 Å². The smallest absolute Gasteiger partial charge is 0.313 e. The van der Waals surface area contributed by atoms with E-state index in [2.05, 4.69) is 0 Å². The van der Waals surface area contributed by atoms with Crippen molar-refractivity contribution in [3.63, 3.8) is 0 Å². The number of hydrogen-bond donors (Lipinski definition) is 1. The molecule has 1 atom stereocenters. The Morgan fingerprint density at radius 2 is 2.00 bits per heavy atom. The monoisotopic (exact) mass is 204 g/mol. The summed E-state index contributed by atoms with van der Waals surface area (Å²) in [5.74, 6) is -0.780. The molecule has 15 heavy (non-hydrogen) atoms. The highest BCUT2D eigenvalue weighted by Crippen LogP contribution is 2.24. The summed E-state index contributed by atoms with van der Waals surface area (Å²) in [6.45, 7) is 3.61. The Balaban J connectivity index is 2.85. The van der Waals surface area contributed by atoms with Gasteiger partial charge in [0.25, 0.3) is 0 Å². The zero-order valence-electron chi connectivity index (χ0n) is 9.10. The Kier molecular flexibility index (Phi) is 3.67. The van der Waals surface area contributed by atoms with Crippen LogP contribution >= 0.6 is 0 Å². The van der Waals surface area contributed by atoms with Gasteiger partial charge in [-0.05, 0) is 18.9 Å². The molecular formula is C13H16O2. The van der Waals surface area contributed by atoms with Crippen LogP contribution in [0.4, 0.5) is 0 Å². The van der Waals surface area contributed by atoms with Crippen molar-refractivity contribution in [2.45, 2.75) is 20.3 Å². The molecule has 0 aliphatic heterocycles. The molecule has 0 aliphatic carbocycles. The fraction of sp³-hybridized carbons (Fsp3) is 0.308. The van der Waals surface area contributed by atoms with Crippen LogP contribution in [0, 0.1) is 5.41 Å². The van der Waals surface area contributed by atoms with Crippen molar-refractivity contribution in [1.29, 1.82) is 0 Å². The molecule has 1 aromatic rings. The second-order valence-corrected chi connectivity index (χ2v) is 3.82. The van der Waals surface area contributed by atoms with Crippen molar-refractivity contribution in [3.8, 4) is 0 Å². The summed E-state index contributed by atoms with van der Waals surface area (Å²) in [5.41, 5.74) is 0.258. The first-order valence-electron chi connectivity index (χ1n) is 5.06. The average Bonchev–Trinajstić information content (AvgIpc) is 2.27. The van der Waals surface area contributed by atoms with Crippen LogP contribution in [0.2, 0.25) is 0 Å². The standard InChI is InChI=1S/C13H16O2/c1-3-13(2,12(14)15)10-9-11-7-5-4-6-8-11/h4-10H,3H2,1-2H3,(H,14,15)/b10-9+. The molecule has 1 unspecified atom stereocenters.